The van der Waals surface area contributed by atoms with Crippen molar-refractivity contribution in [1.82, 2.24) is 9.71 Å². The first-order valence-electron chi connectivity index (χ1n) is 4.95. The van der Waals surface area contributed by atoms with E-state index < -0.39 is 5.97 Å². The van der Waals surface area contributed by atoms with Gasteiger partial charge in [-0.2, -0.15) is 4.73 Å². The van der Waals surface area contributed by atoms with E-state index in [1.807, 2.05) is 6.92 Å². The minimum Gasteiger partial charge on any atom is -0.465 e. The average Bonchev–Trinajstić information content (AvgIpc) is 2.77. The average molecular weight is 220 g/mol. The quantitative estimate of drug-likeness (QED) is 0.616. The van der Waals surface area contributed by atoms with Crippen molar-refractivity contribution >= 4 is 5.97 Å². The van der Waals surface area contributed by atoms with Crippen LogP contribution < -0.4 is 0 Å². The lowest BCUT2D eigenvalue weighted by Gasteiger charge is -2.13. The molecule has 2 aliphatic heterocycles. The lowest BCUT2D eigenvalue weighted by Crippen LogP contribution is -2.12. The lowest BCUT2D eigenvalue weighted by molar-refractivity contribution is 0.0599. The minimum absolute atomic E-state index is 0.359. The molecular weight excluding hydrogens is 208 g/mol. The molecule has 0 atom stereocenters. The third-order valence-electron chi connectivity index (χ3n) is 2.53. The van der Waals surface area contributed by atoms with Crippen molar-refractivity contribution in [2.75, 3.05) is 7.11 Å². The molecule has 0 spiro atoms. The molecule has 0 fully saturated rings. The van der Waals surface area contributed by atoms with Gasteiger partial charge in [0, 0.05) is 18.0 Å². The van der Waals surface area contributed by atoms with Crippen LogP contribution in [0.4, 0.5) is 0 Å². The molecule has 0 unspecified atom stereocenters. The third-order valence-corrected chi connectivity index (χ3v) is 2.53. The fourth-order valence-corrected chi connectivity index (χ4v) is 1.76. The molecule has 5 nitrogen and oxygen atoms in total. The Bertz CT molecular complexity index is 504. The maximum atomic E-state index is 11.7. The van der Waals surface area contributed by atoms with Gasteiger partial charge in [0.1, 0.15) is 0 Å². The Balaban J connectivity index is 2.74. The number of hydrogen-bond donors (Lipinski definition) is 1. The van der Waals surface area contributed by atoms with Gasteiger partial charge in [0.25, 0.3) is 0 Å². The highest BCUT2D eigenvalue weighted by Crippen LogP contribution is 2.27. The van der Waals surface area contributed by atoms with Crippen molar-refractivity contribution in [1.29, 1.82) is 0 Å². The summed E-state index contributed by atoms with van der Waals surface area (Å²) in [6.45, 7) is 1.91. The summed E-state index contributed by atoms with van der Waals surface area (Å²) < 4.78 is 5.67. The molecule has 1 N–H and O–H groups in total. The zero-order valence-corrected chi connectivity index (χ0v) is 9.10. The zero-order valence-electron chi connectivity index (χ0n) is 9.10. The van der Waals surface area contributed by atoms with Crippen LogP contribution in [0.15, 0.2) is 18.5 Å². The predicted octanol–water partition coefficient (Wildman–Crippen LogP) is 1.57. The van der Waals surface area contributed by atoms with Crippen molar-refractivity contribution in [3.63, 3.8) is 0 Å². The van der Waals surface area contributed by atoms with Crippen LogP contribution in [0.5, 0.6) is 0 Å². The molecule has 0 aliphatic carbocycles. The van der Waals surface area contributed by atoms with Gasteiger partial charge < -0.3 is 9.94 Å². The van der Waals surface area contributed by atoms with Crippen LogP contribution in [-0.2, 0) is 11.2 Å². The summed E-state index contributed by atoms with van der Waals surface area (Å²) in [6, 6.07) is 1.69. The normalized spacial score (nSPS) is 10.6. The summed E-state index contributed by atoms with van der Waals surface area (Å²) in [6.07, 6.45) is 3.66. The number of carbonyl (C=O) groups is 1. The molecule has 0 radical (unpaired) electrons. The van der Waals surface area contributed by atoms with E-state index in [1.54, 1.807) is 12.3 Å². The van der Waals surface area contributed by atoms with Gasteiger partial charge in [-0.1, -0.05) is 6.92 Å². The topological polar surface area (TPSA) is 64.3 Å². The number of fused-ring (bicyclic) bond motifs is 1. The number of carbonyl (C=O) groups excluding carboxylic acids is 1. The Morgan fingerprint density at radius 2 is 2.38 bits per heavy atom. The number of pyridine rings is 1. The van der Waals surface area contributed by atoms with Gasteiger partial charge in [-0.3, -0.25) is 0 Å². The molecule has 2 rings (SSSR count). The van der Waals surface area contributed by atoms with Crippen LogP contribution >= 0.6 is 0 Å². The molecule has 2 heterocycles. The van der Waals surface area contributed by atoms with E-state index in [4.69, 9.17) is 4.74 Å². The van der Waals surface area contributed by atoms with Gasteiger partial charge in [-0.25, -0.2) is 9.78 Å². The molecule has 5 heteroatoms. The largest absolute Gasteiger partial charge is 0.465 e. The van der Waals surface area contributed by atoms with E-state index in [1.165, 1.54) is 13.3 Å². The van der Waals surface area contributed by atoms with E-state index in [-0.39, 0.29) is 0 Å². The van der Waals surface area contributed by atoms with Gasteiger partial charge in [0.2, 0.25) is 0 Å². The number of nitrogens with zero attached hydrogens (tertiary/aromatic N) is 2. The Kier molecular flexibility index (Phi) is 2.52. The number of esters is 1. The Morgan fingerprint density at radius 1 is 1.62 bits per heavy atom. The van der Waals surface area contributed by atoms with Crippen LogP contribution in [0, 0.1) is 0 Å². The predicted molar refractivity (Wildman–Crippen MR) is 56.8 cm³/mol. The fourth-order valence-electron chi connectivity index (χ4n) is 1.76. The standard InChI is InChI=1S/C11H12N2O3/c1-3-7-6-13(15)10-8(4-5-12-10)9(7)11(14)16-2/h4-6,15H,3H2,1-2H3. The van der Waals surface area contributed by atoms with E-state index in [0.717, 1.165) is 10.3 Å². The lowest BCUT2D eigenvalue weighted by atomic mass is 10.0. The van der Waals surface area contributed by atoms with Crippen LogP contribution in [0.1, 0.15) is 22.8 Å². The number of methoxy groups -OCH3 is 1. The second-order valence-electron chi connectivity index (χ2n) is 3.40. The second-order valence-corrected chi connectivity index (χ2v) is 3.40. The van der Waals surface area contributed by atoms with Gasteiger partial charge in [0.15, 0.2) is 5.82 Å². The van der Waals surface area contributed by atoms with Gasteiger partial charge in [-0.05, 0) is 18.1 Å². The summed E-state index contributed by atoms with van der Waals surface area (Å²) in [5, 5.41) is 9.65. The first kappa shape index (κ1) is 10.5. The summed E-state index contributed by atoms with van der Waals surface area (Å²) in [7, 11) is 1.34. The number of aromatic nitrogens is 2. The molecule has 0 amide bonds. The van der Waals surface area contributed by atoms with E-state index in [0.29, 0.717) is 23.4 Å². The van der Waals surface area contributed by atoms with E-state index in [9.17, 15) is 10.0 Å². The first-order chi connectivity index (χ1) is 7.69. The van der Waals surface area contributed by atoms with Gasteiger partial charge >= 0.3 is 5.97 Å². The Hall–Kier alpha value is -2.04. The number of hydrogen-bond acceptors (Lipinski definition) is 4. The summed E-state index contributed by atoms with van der Waals surface area (Å²) in [5.74, 6) is -0.0481. The van der Waals surface area contributed by atoms with Gasteiger partial charge in [-0.15, -0.1) is 0 Å². The van der Waals surface area contributed by atoms with Crippen molar-refractivity contribution in [2.45, 2.75) is 13.3 Å². The molecule has 0 aromatic rings. The third kappa shape index (κ3) is 1.41. The van der Waals surface area contributed by atoms with Crippen LogP contribution in [0.2, 0.25) is 0 Å². The monoisotopic (exact) mass is 220 g/mol. The van der Waals surface area contributed by atoms with Crippen molar-refractivity contribution in [3.05, 3.63) is 29.6 Å². The maximum Gasteiger partial charge on any atom is 0.338 e. The van der Waals surface area contributed by atoms with E-state index >= 15 is 0 Å². The Morgan fingerprint density at radius 3 is 3.00 bits per heavy atom. The second kappa shape index (κ2) is 3.84. The summed E-state index contributed by atoms with van der Waals surface area (Å²) in [5.41, 5.74) is 1.81. The number of aryl methyl sites for hydroxylation is 1. The van der Waals surface area contributed by atoms with Crippen molar-refractivity contribution in [3.8, 4) is 11.4 Å². The maximum absolute atomic E-state index is 11.7. The van der Waals surface area contributed by atoms with Gasteiger partial charge in [0.05, 0.1) is 12.7 Å². The highest BCUT2D eigenvalue weighted by molar-refractivity contribution is 5.98. The summed E-state index contributed by atoms with van der Waals surface area (Å²) >= 11 is 0. The van der Waals surface area contributed by atoms with Crippen LogP contribution in [0.3, 0.4) is 0 Å². The fraction of sp³-hybridized carbons (Fsp3) is 0.273. The van der Waals surface area contributed by atoms with Crippen molar-refractivity contribution in [2.24, 2.45) is 0 Å². The summed E-state index contributed by atoms with van der Waals surface area (Å²) in [4.78, 5) is 15.7. The van der Waals surface area contributed by atoms with Crippen LogP contribution in [-0.4, -0.2) is 28.0 Å². The smallest absolute Gasteiger partial charge is 0.338 e. The highest BCUT2D eigenvalue weighted by atomic mass is 16.5. The molecular formula is C11H12N2O3. The SMILES string of the molecule is CCc1cn(O)c2nccc-2c1C(=O)OC. The number of ether oxygens (including phenoxy) is 1. The van der Waals surface area contributed by atoms with E-state index in [2.05, 4.69) is 4.98 Å². The van der Waals surface area contributed by atoms with Crippen molar-refractivity contribution < 1.29 is 14.7 Å². The molecule has 0 saturated heterocycles. The highest BCUT2D eigenvalue weighted by Gasteiger charge is 2.22. The molecule has 0 bridgehead atoms. The first-order valence-corrected chi connectivity index (χ1v) is 4.95. The molecule has 0 aromatic heterocycles. The molecule has 2 aliphatic rings. The zero-order chi connectivity index (χ0) is 11.7. The number of rotatable bonds is 2. The molecule has 0 aromatic carbocycles. The molecule has 0 saturated carbocycles. The molecule has 84 valence electrons. The Labute approximate surface area is 92.6 Å². The molecule has 16 heavy (non-hydrogen) atoms. The van der Waals surface area contributed by atoms with Crippen LogP contribution in [0.25, 0.3) is 11.4 Å². The minimum atomic E-state index is -0.407.